The molecule has 2 heterocycles. The number of nitrogens with zero attached hydrogens (tertiary/aromatic N) is 3. The van der Waals surface area contributed by atoms with Gasteiger partial charge < -0.3 is 13.9 Å². The maximum Gasteiger partial charge on any atom is 0.277 e. The van der Waals surface area contributed by atoms with Crippen LogP contribution in [-0.4, -0.2) is 15.2 Å². The Morgan fingerprint density at radius 3 is 2.63 bits per heavy atom. The first-order valence-electron chi connectivity index (χ1n) is 8.80. The standard InChI is InChI=1S/C20H15Cl2N3O3S2/c21-13-5-7-15(8-6-13)26-10-19-23-14(11-29-19)12-30-20-25-24-18(28-20)9-27-17-4-2-1-3-16(17)22/h1-8,11H,9-10,12H2. The summed E-state index contributed by atoms with van der Waals surface area (Å²) in [5.41, 5.74) is 0.923. The van der Waals surface area contributed by atoms with Crippen molar-refractivity contribution in [3.8, 4) is 11.5 Å². The van der Waals surface area contributed by atoms with Crippen LogP contribution in [0.15, 0.2) is 63.6 Å². The summed E-state index contributed by atoms with van der Waals surface area (Å²) in [7, 11) is 0. The number of benzene rings is 2. The van der Waals surface area contributed by atoms with Crippen LogP contribution in [0.1, 0.15) is 16.6 Å². The van der Waals surface area contributed by atoms with Crippen LogP contribution in [0.25, 0.3) is 0 Å². The molecule has 0 aliphatic rings. The highest BCUT2D eigenvalue weighted by atomic mass is 35.5. The number of ether oxygens (including phenoxy) is 2. The van der Waals surface area contributed by atoms with E-state index in [-0.39, 0.29) is 6.61 Å². The fraction of sp³-hybridized carbons (Fsp3) is 0.150. The van der Waals surface area contributed by atoms with Crippen molar-refractivity contribution in [1.82, 2.24) is 15.2 Å². The first-order chi connectivity index (χ1) is 14.7. The van der Waals surface area contributed by atoms with Gasteiger partial charge in [-0.15, -0.1) is 21.5 Å². The Morgan fingerprint density at radius 1 is 0.967 bits per heavy atom. The van der Waals surface area contributed by atoms with Gasteiger partial charge in [0.1, 0.15) is 23.1 Å². The highest BCUT2D eigenvalue weighted by Gasteiger charge is 2.11. The molecule has 0 saturated carbocycles. The van der Waals surface area contributed by atoms with Crippen molar-refractivity contribution in [2.45, 2.75) is 24.2 Å². The van der Waals surface area contributed by atoms with Crippen LogP contribution in [0.5, 0.6) is 11.5 Å². The molecule has 0 unspecified atom stereocenters. The Labute approximate surface area is 191 Å². The third kappa shape index (κ3) is 5.89. The molecular weight excluding hydrogens is 465 g/mol. The fourth-order valence-corrected chi connectivity index (χ4v) is 4.15. The molecule has 0 atom stereocenters. The van der Waals surface area contributed by atoms with Gasteiger partial charge in [-0.05, 0) is 36.4 Å². The van der Waals surface area contributed by atoms with E-state index in [0.29, 0.717) is 39.3 Å². The smallest absolute Gasteiger partial charge is 0.277 e. The SMILES string of the molecule is Clc1ccc(OCc2nc(CSc3nnc(COc4ccccc4Cl)o3)cs2)cc1. The second-order valence-corrected chi connectivity index (χ2v) is 8.66. The molecule has 0 aliphatic heterocycles. The predicted molar refractivity (Wildman–Crippen MR) is 118 cm³/mol. The second-order valence-electron chi connectivity index (χ2n) is 5.94. The molecule has 30 heavy (non-hydrogen) atoms. The average molecular weight is 480 g/mol. The monoisotopic (exact) mass is 479 g/mol. The van der Waals surface area contributed by atoms with Gasteiger partial charge in [0.15, 0.2) is 6.61 Å². The lowest BCUT2D eigenvalue weighted by Gasteiger charge is -2.04. The molecule has 0 fully saturated rings. The van der Waals surface area contributed by atoms with Gasteiger partial charge in [-0.25, -0.2) is 4.98 Å². The van der Waals surface area contributed by atoms with Crippen LogP contribution in [0.3, 0.4) is 0 Å². The van der Waals surface area contributed by atoms with Gasteiger partial charge in [-0.2, -0.15) is 0 Å². The summed E-state index contributed by atoms with van der Waals surface area (Å²) in [6.07, 6.45) is 0. The van der Waals surface area contributed by atoms with Crippen molar-refractivity contribution < 1.29 is 13.9 Å². The Balaban J connectivity index is 1.24. The van der Waals surface area contributed by atoms with E-state index in [1.807, 2.05) is 29.6 Å². The second kappa shape index (κ2) is 10.2. The molecule has 0 saturated heterocycles. The molecule has 2 aromatic carbocycles. The summed E-state index contributed by atoms with van der Waals surface area (Å²) in [5.74, 6) is 2.32. The molecule has 10 heteroatoms. The van der Waals surface area contributed by atoms with Crippen molar-refractivity contribution >= 4 is 46.3 Å². The number of halogens is 2. The number of rotatable bonds is 9. The van der Waals surface area contributed by atoms with Crippen molar-refractivity contribution in [1.29, 1.82) is 0 Å². The molecule has 0 spiro atoms. The lowest BCUT2D eigenvalue weighted by molar-refractivity contribution is 0.252. The normalized spacial score (nSPS) is 10.9. The highest BCUT2D eigenvalue weighted by molar-refractivity contribution is 7.98. The number of para-hydroxylation sites is 1. The Hall–Kier alpha value is -2.26. The first-order valence-corrected chi connectivity index (χ1v) is 11.4. The van der Waals surface area contributed by atoms with Gasteiger partial charge >= 0.3 is 0 Å². The minimum atomic E-state index is 0.153. The summed E-state index contributed by atoms with van der Waals surface area (Å²) in [6, 6.07) is 14.5. The molecule has 0 amide bonds. The molecule has 0 bridgehead atoms. The zero-order chi connectivity index (χ0) is 20.8. The minimum Gasteiger partial charge on any atom is -0.486 e. The molecule has 6 nitrogen and oxygen atoms in total. The van der Waals surface area contributed by atoms with Crippen LogP contribution >= 0.6 is 46.3 Å². The molecule has 0 N–H and O–H groups in total. The van der Waals surface area contributed by atoms with Crippen LogP contribution in [-0.2, 0) is 19.0 Å². The molecule has 4 rings (SSSR count). The van der Waals surface area contributed by atoms with Crippen molar-refractivity contribution in [2.75, 3.05) is 0 Å². The van der Waals surface area contributed by atoms with E-state index in [4.69, 9.17) is 37.1 Å². The minimum absolute atomic E-state index is 0.153. The third-order valence-corrected chi connectivity index (χ3v) is 6.04. The van der Waals surface area contributed by atoms with Gasteiger partial charge in [0, 0.05) is 16.2 Å². The van der Waals surface area contributed by atoms with Crippen molar-refractivity contribution in [3.05, 3.63) is 80.5 Å². The van der Waals surface area contributed by atoms with E-state index in [1.54, 1.807) is 35.6 Å². The van der Waals surface area contributed by atoms with Gasteiger partial charge in [-0.3, -0.25) is 0 Å². The molecule has 2 aromatic heterocycles. The zero-order valence-electron chi connectivity index (χ0n) is 15.5. The van der Waals surface area contributed by atoms with E-state index >= 15 is 0 Å². The Morgan fingerprint density at radius 2 is 1.80 bits per heavy atom. The highest BCUT2D eigenvalue weighted by Crippen LogP contribution is 2.26. The summed E-state index contributed by atoms with van der Waals surface area (Å²) in [4.78, 5) is 4.57. The van der Waals surface area contributed by atoms with E-state index < -0.39 is 0 Å². The number of thioether (sulfide) groups is 1. The first kappa shape index (κ1) is 21.0. The van der Waals surface area contributed by atoms with Crippen LogP contribution in [0.4, 0.5) is 0 Å². The Kier molecular flexibility index (Phi) is 7.11. The lowest BCUT2D eigenvalue weighted by atomic mass is 10.3. The van der Waals surface area contributed by atoms with E-state index in [9.17, 15) is 0 Å². The Bertz CT molecular complexity index is 1100. The molecular formula is C20H15Cl2N3O3S2. The van der Waals surface area contributed by atoms with Crippen LogP contribution in [0.2, 0.25) is 10.0 Å². The number of hydrogen-bond acceptors (Lipinski definition) is 8. The lowest BCUT2D eigenvalue weighted by Crippen LogP contribution is -1.96. The maximum atomic E-state index is 6.06. The maximum absolute atomic E-state index is 6.06. The van der Waals surface area contributed by atoms with Gasteiger partial charge in [0.05, 0.1) is 10.7 Å². The summed E-state index contributed by atoms with van der Waals surface area (Å²) in [5, 5.41) is 12.6. The summed E-state index contributed by atoms with van der Waals surface area (Å²) in [6.45, 7) is 0.557. The van der Waals surface area contributed by atoms with Crippen LogP contribution < -0.4 is 9.47 Å². The molecule has 4 aromatic rings. The summed E-state index contributed by atoms with van der Waals surface area (Å²) < 4.78 is 16.9. The average Bonchev–Trinajstić information content (AvgIpc) is 3.40. The van der Waals surface area contributed by atoms with Crippen molar-refractivity contribution in [3.63, 3.8) is 0 Å². The quantitative estimate of drug-likeness (QED) is 0.261. The zero-order valence-corrected chi connectivity index (χ0v) is 18.6. The van der Waals surface area contributed by atoms with E-state index in [0.717, 1.165) is 16.5 Å². The topological polar surface area (TPSA) is 70.3 Å². The number of aromatic nitrogens is 3. The fourth-order valence-electron chi connectivity index (χ4n) is 2.35. The third-order valence-electron chi connectivity index (χ3n) is 3.75. The number of hydrogen-bond donors (Lipinski definition) is 0. The molecule has 0 radical (unpaired) electrons. The van der Waals surface area contributed by atoms with Gasteiger partial charge in [-0.1, -0.05) is 47.1 Å². The van der Waals surface area contributed by atoms with Gasteiger partial charge in [0.2, 0.25) is 0 Å². The predicted octanol–water partition coefficient (Wildman–Crippen LogP) is 6.28. The molecule has 0 aliphatic carbocycles. The summed E-state index contributed by atoms with van der Waals surface area (Å²) >= 11 is 14.9. The molecule has 154 valence electrons. The van der Waals surface area contributed by atoms with Crippen LogP contribution in [0, 0.1) is 0 Å². The largest absolute Gasteiger partial charge is 0.486 e. The van der Waals surface area contributed by atoms with E-state index in [2.05, 4.69) is 15.2 Å². The number of thiazole rings is 1. The van der Waals surface area contributed by atoms with E-state index in [1.165, 1.54) is 11.8 Å². The van der Waals surface area contributed by atoms with Gasteiger partial charge in [0.25, 0.3) is 11.1 Å². The van der Waals surface area contributed by atoms with Crippen molar-refractivity contribution in [2.24, 2.45) is 0 Å².